The number of benzene rings is 2. The molecule has 32 heavy (non-hydrogen) atoms. The van der Waals surface area contributed by atoms with Gasteiger partial charge in [0.25, 0.3) is 12.3 Å². The average molecular weight is 457 g/mol. The van der Waals surface area contributed by atoms with Gasteiger partial charge in [-0.05, 0) is 36.8 Å². The van der Waals surface area contributed by atoms with Crippen LogP contribution in [0.5, 0.6) is 0 Å². The molecule has 3 heterocycles. The van der Waals surface area contributed by atoms with Crippen molar-refractivity contribution in [1.82, 2.24) is 15.0 Å². The van der Waals surface area contributed by atoms with Crippen LogP contribution in [0.4, 0.5) is 24.0 Å². The molecule has 0 bridgehead atoms. The number of alkyl halides is 3. The van der Waals surface area contributed by atoms with Gasteiger partial charge >= 0.3 is 0 Å². The lowest BCUT2D eigenvalue weighted by Crippen LogP contribution is -2.20. The first kappa shape index (κ1) is 20.5. The van der Waals surface area contributed by atoms with Gasteiger partial charge in [-0.15, -0.1) is 11.3 Å². The van der Waals surface area contributed by atoms with Gasteiger partial charge in [0.15, 0.2) is 5.13 Å². The van der Waals surface area contributed by atoms with Crippen molar-refractivity contribution in [3.05, 3.63) is 59.1 Å². The van der Waals surface area contributed by atoms with E-state index in [0.29, 0.717) is 40.4 Å². The second-order valence-corrected chi connectivity index (χ2v) is 8.38. The molecule has 6 nitrogen and oxygen atoms in total. The highest BCUT2D eigenvalue weighted by Crippen LogP contribution is 2.35. The number of carbonyl (C=O) groups is 1. The van der Waals surface area contributed by atoms with Gasteiger partial charge in [-0.2, -0.15) is 0 Å². The maximum absolute atomic E-state index is 13.9. The first-order valence-electron chi connectivity index (χ1n) is 10.0. The molecule has 1 aliphatic heterocycles. The Morgan fingerprint density at radius 3 is 2.88 bits per heavy atom. The van der Waals surface area contributed by atoms with Gasteiger partial charge in [0, 0.05) is 41.5 Å². The molecule has 1 fully saturated rings. The third-order valence-electron chi connectivity index (χ3n) is 5.43. The van der Waals surface area contributed by atoms with E-state index in [2.05, 4.69) is 20.3 Å². The molecule has 2 N–H and O–H groups in total. The van der Waals surface area contributed by atoms with Gasteiger partial charge < -0.3 is 9.88 Å². The zero-order valence-corrected chi connectivity index (χ0v) is 17.5. The molecule has 4 aromatic rings. The Morgan fingerprint density at radius 1 is 1.28 bits per heavy atom. The number of hydrogen-bond donors (Lipinski definition) is 2. The number of halogens is 3. The number of rotatable bonds is 5. The van der Waals surface area contributed by atoms with E-state index in [-0.39, 0.29) is 29.4 Å². The van der Waals surface area contributed by atoms with Crippen LogP contribution in [0.3, 0.4) is 0 Å². The summed E-state index contributed by atoms with van der Waals surface area (Å²) >= 11 is 1.29. The number of hydrogen-bond acceptors (Lipinski definition) is 5. The standard InChI is InChI=1S/C22H18F3N5OS/c23-12-6-8-30(11-12)13-4-5-14(16(10-13)19(24)25)20-27-17-3-1-2-15(18(17)28-20)21(31)29-22-26-7-9-32-22/h1-5,7,9-10,12,19H,6,8,11H2,(H,27,28)(H,26,29,31). The Labute approximate surface area is 185 Å². The van der Waals surface area contributed by atoms with Crippen LogP contribution >= 0.6 is 11.3 Å². The number of para-hydroxylation sites is 1. The largest absolute Gasteiger partial charge is 0.368 e. The highest BCUT2D eigenvalue weighted by Gasteiger charge is 2.25. The molecule has 2 aromatic heterocycles. The number of anilines is 2. The summed E-state index contributed by atoms with van der Waals surface area (Å²) in [5, 5.41) is 4.91. The fourth-order valence-corrected chi connectivity index (χ4v) is 4.41. The fourth-order valence-electron chi connectivity index (χ4n) is 3.89. The van der Waals surface area contributed by atoms with Crippen molar-refractivity contribution >= 4 is 39.1 Å². The van der Waals surface area contributed by atoms with Gasteiger partial charge in [-0.3, -0.25) is 10.1 Å². The van der Waals surface area contributed by atoms with E-state index in [4.69, 9.17) is 0 Å². The number of nitrogens with zero attached hydrogens (tertiary/aromatic N) is 3. The number of nitrogens with one attached hydrogen (secondary N) is 2. The van der Waals surface area contributed by atoms with Gasteiger partial charge in [0.05, 0.1) is 11.1 Å². The Balaban J connectivity index is 1.52. The van der Waals surface area contributed by atoms with Crippen LogP contribution < -0.4 is 10.2 Å². The van der Waals surface area contributed by atoms with Crippen molar-refractivity contribution in [3.8, 4) is 11.4 Å². The maximum atomic E-state index is 13.9. The van der Waals surface area contributed by atoms with Gasteiger partial charge in [0.2, 0.25) is 0 Å². The first-order valence-corrected chi connectivity index (χ1v) is 10.9. The maximum Gasteiger partial charge on any atom is 0.264 e. The van der Waals surface area contributed by atoms with E-state index in [9.17, 15) is 18.0 Å². The zero-order valence-electron chi connectivity index (χ0n) is 16.7. The summed E-state index contributed by atoms with van der Waals surface area (Å²) in [5.41, 5.74) is 1.83. The van der Waals surface area contributed by atoms with Crippen molar-refractivity contribution in [2.75, 3.05) is 23.3 Å². The predicted molar refractivity (Wildman–Crippen MR) is 118 cm³/mol. The van der Waals surface area contributed by atoms with Crippen molar-refractivity contribution in [3.63, 3.8) is 0 Å². The SMILES string of the molecule is O=C(Nc1nccs1)c1cccc2[nH]c(-c3ccc(N4CCC(F)C4)cc3C(F)F)nc12. The third-order valence-corrected chi connectivity index (χ3v) is 6.12. The number of H-pyrrole nitrogens is 1. The molecule has 0 spiro atoms. The number of aromatic amines is 1. The van der Waals surface area contributed by atoms with E-state index in [0.717, 1.165) is 0 Å². The number of thiazole rings is 1. The molecule has 1 unspecified atom stereocenters. The minimum Gasteiger partial charge on any atom is -0.368 e. The van der Waals surface area contributed by atoms with Crippen LogP contribution in [0.2, 0.25) is 0 Å². The Bertz CT molecular complexity index is 1270. The average Bonchev–Trinajstić information content (AvgIpc) is 3.53. The number of aromatic nitrogens is 3. The van der Waals surface area contributed by atoms with E-state index in [1.807, 2.05) is 0 Å². The lowest BCUT2D eigenvalue weighted by Gasteiger charge is -2.19. The molecule has 1 amide bonds. The van der Waals surface area contributed by atoms with Crippen LogP contribution in [0, 0.1) is 0 Å². The second kappa shape index (κ2) is 8.27. The summed E-state index contributed by atoms with van der Waals surface area (Å²) in [5.74, 6) is -0.149. The van der Waals surface area contributed by atoms with E-state index >= 15 is 0 Å². The highest BCUT2D eigenvalue weighted by atomic mass is 32.1. The molecule has 1 saturated heterocycles. The Morgan fingerprint density at radius 2 is 2.16 bits per heavy atom. The quantitative estimate of drug-likeness (QED) is 0.419. The monoisotopic (exact) mass is 457 g/mol. The number of carbonyl (C=O) groups excluding carboxylic acids is 1. The van der Waals surface area contributed by atoms with Crippen LogP contribution in [-0.2, 0) is 0 Å². The molecule has 5 rings (SSSR count). The van der Waals surface area contributed by atoms with Crippen LogP contribution in [0.1, 0.15) is 28.8 Å². The minimum absolute atomic E-state index is 0.197. The molecule has 2 aromatic carbocycles. The van der Waals surface area contributed by atoms with Crippen molar-refractivity contribution in [2.24, 2.45) is 0 Å². The molecule has 0 aliphatic carbocycles. The van der Waals surface area contributed by atoms with E-state index < -0.39 is 12.6 Å². The normalized spacial score (nSPS) is 16.2. The van der Waals surface area contributed by atoms with Crippen molar-refractivity contribution in [2.45, 2.75) is 19.0 Å². The number of imidazole rings is 1. The van der Waals surface area contributed by atoms with Crippen LogP contribution in [0.25, 0.3) is 22.4 Å². The summed E-state index contributed by atoms with van der Waals surface area (Å²) < 4.78 is 41.4. The van der Waals surface area contributed by atoms with Gasteiger partial charge in [0.1, 0.15) is 17.5 Å². The molecule has 10 heteroatoms. The van der Waals surface area contributed by atoms with Gasteiger partial charge in [-0.25, -0.2) is 23.1 Å². The Hall–Kier alpha value is -3.40. The zero-order chi connectivity index (χ0) is 22.2. The highest BCUT2D eigenvalue weighted by molar-refractivity contribution is 7.13. The molecule has 1 atom stereocenters. The lowest BCUT2D eigenvalue weighted by molar-refractivity contribution is 0.102. The lowest BCUT2D eigenvalue weighted by atomic mass is 10.1. The van der Waals surface area contributed by atoms with Crippen LogP contribution in [-0.4, -0.2) is 40.1 Å². The summed E-state index contributed by atoms with van der Waals surface area (Å²) in [4.78, 5) is 26.0. The molecule has 0 radical (unpaired) electrons. The third kappa shape index (κ3) is 3.81. The van der Waals surface area contributed by atoms with E-state index in [1.165, 1.54) is 17.4 Å². The minimum atomic E-state index is -2.74. The summed E-state index contributed by atoms with van der Waals surface area (Å²) in [6.07, 6.45) is -1.72. The molecular weight excluding hydrogens is 439 g/mol. The van der Waals surface area contributed by atoms with Gasteiger partial charge in [-0.1, -0.05) is 6.07 Å². The topological polar surface area (TPSA) is 73.9 Å². The number of amides is 1. The molecule has 164 valence electrons. The fraction of sp³-hybridized carbons (Fsp3) is 0.227. The number of fused-ring (bicyclic) bond motifs is 1. The first-order chi connectivity index (χ1) is 15.5. The van der Waals surface area contributed by atoms with Crippen molar-refractivity contribution in [1.29, 1.82) is 0 Å². The second-order valence-electron chi connectivity index (χ2n) is 7.48. The molecule has 0 saturated carbocycles. The Kier molecular flexibility index (Phi) is 5.30. The molecular formula is C22H18F3N5OS. The summed E-state index contributed by atoms with van der Waals surface area (Å²) in [6, 6.07) is 9.69. The molecule has 1 aliphatic rings. The predicted octanol–water partition coefficient (Wildman–Crippen LogP) is 5.42. The van der Waals surface area contributed by atoms with E-state index in [1.54, 1.807) is 46.8 Å². The van der Waals surface area contributed by atoms with Crippen molar-refractivity contribution < 1.29 is 18.0 Å². The smallest absolute Gasteiger partial charge is 0.264 e. The summed E-state index contributed by atoms with van der Waals surface area (Å²) in [7, 11) is 0. The summed E-state index contributed by atoms with van der Waals surface area (Å²) in [6.45, 7) is 0.690. The van der Waals surface area contributed by atoms with Crippen LogP contribution in [0.15, 0.2) is 48.0 Å².